The summed E-state index contributed by atoms with van der Waals surface area (Å²) < 4.78 is 28.0. The van der Waals surface area contributed by atoms with Gasteiger partial charge in [-0.3, -0.25) is 4.79 Å². The topological polar surface area (TPSA) is 50.4 Å². The molecule has 1 heterocycles. The first-order chi connectivity index (χ1) is 7.68. The van der Waals surface area contributed by atoms with Crippen molar-refractivity contribution in [3.8, 4) is 0 Å². The fourth-order valence-electron chi connectivity index (χ4n) is 1.66. The molecule has 1 aliphatic heterocycles. The van der Waals surface area contributed by atoms with Crippen LogP contribution in [0.3, 0.4) is 0 Å². The van der Waals surface area contributed by atoms with Crippen molar-refractivity contribution in [1.29, 1.82) is 0 Å². The summed E-state index contributed by atoms with van der Waals surface area (Å²) in [5.41, 5.74) is 0. The standard InChI is InChI=1S/C10H18F2N2O2/c11-9(12)7-16-5-4-14-10(15)6-8-2-1-3-13-8/h8-9,13H,1-7H2,(H,14,15). The van der Waals surface area contributed by atoms with Crippen LogP contribution >= 0.6 is 0 Å². The Balaban J connectivity index is 1.93. The third kappa shape index (κ3) is 5.97. The summed E-state index contributed by atoms with van der Waals surface area (Å²) in [7, 11) is 0. The van der Waals surface area contributed by atoms with Gasteiger partial charge in [-0.25, -0.2) is 8.78 Å². The predicted octanol–water partition coefficient (Wildman–Crippen LogP) is 0.526. The molecule has 1 aliphatic rings. The summed E-state index contributed by atoms with van der Waals surface area (Å²) >= 11 is 0. The lowest BCUT2D eigenvalue weighted by Crippen LogP contribution is -2.33. The van der Waals surface area contributed by atoms with Gasteiger partial charge in [0.1, 0.15) is 6.61 Å². The van der Waals surface area contributed by atoms with E-state index in [0.717, 1.165) is 19.4 Å². The van der Waals surface area contributed by atoms with Gasteiger partial charge in [-0.05, 0) is 19.4 Å². The first-order valence-electron chi connectivity index (χ1n) is 5.54. The number of ether oxygens (including phenoxy) is 1. The third-order valence-corrected chi connectivity index (χ3v) is 2.41. The van der Waals surface area contributed by atoms with Crippen LogP contribution in [0.25, 0.3) is 0 Å². The lowest BCUT2D eigenvalue weighted by molar-refractivity contribution is -0.121. The second-order valence-electron chi connectivity index (χ2n) is 3.81. The lowest BCUT2D eigenvalue weighted by Gasteiger charge is -2.10. The fraction of sp³-hybridized carbons (Fsp3) is 0.900. The monoisotopic (exact) mass is 236 g/mol. The predicted molar refractivity (Wildman–Crippen MR) is 55.5 cm³/mol. The zero-order valence-corrected chi connectivity index (χ0v) is 9.18. The maximum Gasteiger partial charge on any atom is 0.261 e. The highest BCUT2D eigenvalue weighted by Gasteiger charge is 2.17. The molecular weight excluding hydrogens is 218 g/mol. The van der Waals surface area contributed by atoms with Crippen LogP contribution in [-0.4, -0.2) is 44.7 Å². The van der Waals surface area contributed by atoms with Crippen molar-refractivity contribution >= 4 is 5.91 Å². The molecule has 0 saturated carbocycles. The summed E-state index contributed by atoms with van der Waals surface area (Å²) in [6.45, 7) is 0.821. The van der Waals surface area contributed by atoms with E-state index in [2.05, 4.69) is 15.4 Å². The SMILES string of the molecule is O=C(CC1CCCN1)NCCOCC(F)F. The summed E-state index contributed by atoms with van der Waals surface area (Å²) in [6.07, 6.45) is 0.137. The number of amides is 1. The van der Waals surface area contributed by atoms with Crippen molar-refractivity contribution in [2.75, 3.05) is 26.3 Å². The third-order valence-electron chi connectivity index (χ3n) is 2.41. The Morgan fingerprint density at radius 1 is 1.56 bits per heavy atom. The molecule has 1 unspecified atom stereocenters. The smallest absolute Gasteiger partial charge is 0.261 e. The molecule has 6 heteroatoms. The van der Waals surface area contributed by atoms with Gasteiger partial charge in [-0.1, -0.05) is 0 Å². The summed E-state index contributed by atoms with van der Waals surface area (Å²) in [5.74, 6) is -0.0555. The Morgan fingerprint density at radius 2 is 2.38 bits per heavy atom. The van der Waals surface area contributed by atoms with E-state index in [1.165, 1.54) is 0 Å². The number of hydrogen-bond acceptors (Lipinski definition) is 3. The molecular formula is C10H18F2N2O2. The molecule has 1 fully saturated rings. The van der Waals surface area contributed by atoms with Gasteiger partial charge >= 0.3 is 0 Å². The molecule has 94 valence electrons. The van der Waals surface area contributed by atoms with E-state index in [-0.39, 0.29) is 25.1 Å². The van der Waals surface area contributed by atoms with E-state index in [4.69, 9.17) is 0 Å². The quantitative estimate of drug-likeness (QED) is 0.634. The summed E-state index contributed by atoms with van der Waals surface area (Å²) in [5, 5.41) is 5.85. The molecule has 2 N–H and O–H groups in total. The van der Waals surface area contributed by atoms with Crippen molar-refractivity contribution in [3.63, 3.8) is 0 Å². The fourth-order valence-corrected chi connectivity index (χ4v) is 1.66. The number of carbonyl (C=O) groups is 1. The molecule has 1 rings (SSSR count). The van der Waals surface area contributed by atoms with Gasteiger partial charge in [0.25, 0.3) is 6.43 Å². The van der Waals surface area contributed by atoms with Crippen LogP contribution in [-0.2, 0) is 9.53 Å². The van der Waals surface area contributed by atoms with Crippen LogP contribution in [0.1, 0.15) is 19.3 Å². The van der Waals surface area contributed by atoms with E-state index >= 15 is 0 Å². The first-order valence-corrected chi connectivity index (χ1v) is 5.54. The zero-order chi connectivity index (χ0) is 11.8. The van der Waals surface area contributed by atoms with Crippen LogP contribution in [0.5, 0.6) is 0 Å². The Hall–Kier alpha value is -0.750. The Morgan fingerprint density at radius 3 is 3.00 bits per heavy atom. The number of hydrogen-bond donors (Lipinski definition) is 2. The van der Waals surface area contributed by atoms with Gasteiger partial charge < -0.3 is 15.4 Å². The molecule has 0 spiro atoms. The van der Waals surface area contributed by atoms with Crippen molar-refractivity contribution in [2.45, 2.75) is 31.7 Å². The van der Waals surface area contributed by atoms with E-state index in [9.17, 15) is 13.6 Å². The van der Waals surface area contributed by atoms with Gasteiger partial charge in [0.2, 0.25) is 5.91 Å². The molecule has 0 aromatic rings. The van der Waals surface area contributed by atoms with E-state index in [1.807, 2.05) is 0 Å². The minimum Gasteiger partial charge on any atom is -0.374 e. The number of nitrogens with one attached hydrogen (secondary N) is 2. The number of carbonyl (C=O) groups excluding carboxylic acids is 1. The van der Waals surface area contributed by atoms with E-state index < -0.39 is 13.0 Å². The normalized spacial score (nSPS) is 20.3. The summed E-state index contributed by atoms with van der Waals surface area (Å²) in [6, 6.07) is 0.266. The summed E-state index contributed by atoms with van der Waals surface area (Å²) in [4.78, 5) is 11.3. The molecule has 4 nitrogen and oxygen atoms in total. The van der Waals surface area contributed by atoms with Crippen LogP contribution in [0.4, 0.5) is 8.78 Å². The molecule has 0 radical (unpaired) electrons. The van der Waals surface area contributed by atoms with Gasteiger partial charge in [0.05, 0.1) is 6.61 Å². The van der Waals surface area contributed by atoms with Gasteiger partial charge in [-0.15, -0.1) is 0 Å². The first kappa shape index (κ1) is 13.3. The van der Waals surface area contributed by atoms with Gasteiger partial charge in [0.15, 0.2) is 0 Å². The highest BCUT2D eigenvalue weighted by Crippen LogP contribution is 2.07. The molecule has 1 atom stereocenters. The average Bonchev–Trinajstić information content (AvgIpc) is 2.69. The molecule has 1 amide bonds. The molecule has 1 saturated heterocycles. The molecule has 16 heavy (non-hydrogen) atoms. The number of halogens is 2. The van der Waals surface area contributed by atoms with Crippen molar-refractivity contribution < 1.29 is 18.3 Å². The molecule has 0 aromatic heterocycles. The number of alkyl halides is 2. The van der Waals surface area contributed by atoms with Crippen molar-refractivity contribution in [1.82, 2.24) is 10.6 Å². The zero-order valence-electron chi connectivity index (χ0n) is 9.18. The van der Waals surface area contributed by atoms with Gasteiger partial charge in [0, 0.05) is 19.0 Å². The number of rotatable bonds is 7. The van der Waals surface area contributed by atoms with Crippen LogP contribution in [0.2, 0.25) is 0 Å². The van der Waals surface area contributed by atoms with Crippen LogP contribution < -0.4 is 10.6 Å². The van der Waals surface area contributed by atoms with Crippen molar-refractivity contribution in [2.24, 2.45) is 0 Å². The van der Waals surface area contributed by atoms with Gasteiger partial charge in [-0.2, -0.15) is 0 Å². The van der Waals surface area contributed by atoms with E-state index in [1.54, 1.807) is 0 Å². The average molecular weight is 236 g/mol. The second kappa shape index (κ2) is 7.51. The Bertz CT molecular complexity index is 209. The minimum atomic E-state index is -2.45. The molecule has 0 aliphatic carbocycles. The Labute approximate surface area is 93.7 Å². The van der Waals surface area contributed by atoms with E-state index in [0.29, 0.717) is 6.42 Å². The second-order valence-corrected chi connectivity index (χ2v) is 3.81. The Kier molecular flexibility index (Phi) is 6.25. The highest BCUT2D eigenvalue weighted by molar-refractivity contribution is 5.76. The highest BCUT2D eigenvalue weighted by atomic mass is 19.3. The van der Waals surface area contributed by atoms with Crippen LogP contribution in [0, 0.1) is 0 Å². The maximum atomic E-state index is 11.7. The molecule has 0 aromatic carbocycles. The minimum absolute atomic E-state index is 0.0555. The maximum absolute atomic E-state index is 11.7. The lowest BCUT2D eigenvalue weighted by atomic mass is 10.1. The molecule has 0 bridgehead atoms. The van der Waals surface area contributed by atoms with Crippen LogP contribution in [0.15, 0.2) is 0 Å². The largest absolute Gasteiger partial charge is 0.374 e. The van der Waals surface area contributed by atoms with Crippen molar-refractivity contribution in [3.05, 3.63) is 0 Å².